The van der Waals surface area contributed by atoms with Crippen LogP contribution in [0.3, 0.4) is 0 Å². The van der Waals surface area contributed by atoms with Crippen molar-refractivity contribution in [2.45, 2.75) is 45.9 Å². The Morgan fingerprint density at radius 2 is 2.16 bits per heavy atom. The fourth-order valence-corrected chi connectivity index (χ4v) is 3.46. The largest absolute Gasteiger partial charge is 0.490 e. The third-order valence-corrected chi connectivity index (χ3v) is 4.93. The van der Waals surface area contributed by atoms with E-state index in [-0.39, 0.29) is 12.4 Å². The van der Waals surface area contributed by atoms with Crippen LogP contribution in [0.1, 0.15) is 30.3 Å². The molecular formula is C19H26FN3O2. The van der Waals surface area contributed by atoms with Crippen molar-refractivity contribution in [3.63, 3.8) is 0 Å². The Hall–Kier alpha value is -1.92. The van der Waals surface area contributed by atoms with Gasteiger partial charge in [0, 0.05) is 43.5 Å². The van der Waals surface area contributed by atoms with Crippen molar-refractivity contribution in [3.05, 3.63) is 47.0 Å². The van der Waals surface area contributed by atoms with Crippen LogP contribution in [-0.4, -0.2) is 45.1 Å². The van der Waals surface area contributed by atoms with E-state index in [1.165, 1.54) is 23.4 Å². The Morgan fingerprint density at radius 1 is 1.36 bits per heavy atom. The molecule has 5 nitrogen and oxygen atoms in total. The summed E-state index contributed by atoms with van der Waals surface area (Å²) in [6.45, 7) is 9.36. The molecule has 3 rings (SSSR count). The molecule has 1 aromatic heterocycles. The quantitative estimate of drug-likeness (QED) is 0.873. The van der Waals surface area contributed by atoms with Crippen LogP contribution < -0.4 is 4.74 Å². The molecule has 25 heavy (non-hydrogen) atoms. The Labute approximate surface area is 148 Å². The first-order valence-corrected chi connectivity index (χ1v) is 8.76. The lowest BCUT2D eigenvalue weighted by Gasteiger charge is -2.24. The second-order valence-electron chi connectivity index (χ2n) is 6.90. The van der Waals surface area contributed by atoms with Crippen LogP contribution in [-0.2, 0) is 13.1 Å². The summed E-state index contributed by atoms with van der Waals surface area (Å²) in [5, 5.41) is 15.3. The highest BCUT2D eigenvalue weighted by Crippen LogP contribution is 2.26. The number of rotatable bonds is 6. The van der Waals surface area contributed by atoms with E-state index < -0.39 is 5.60 Å². The highest BCUT2D eigenvalue weighted by molar-refractivity contribution is 5.25. The minimum atomic E-state index is -0.908. The van der Waals surface area contributed by atoms with Crippen LogP contribution in [0.4, 0.5) is 4.39 Å². The third-order valence-electron chi connectivity index (χ3n) is 4.93. The molecule has 0 aliphatic carbocycles. The van der Waals surface area contributed by atoms with E-state index in [1.807, 2.05) is 11.6 Å². The first-order valence-electron chi connectivity index (χ1n) is 8.76. The van der Waals surface area contributed by atoms with Gasteiger partial charge in [0.05, 0.1) is 5.69 Å². The Kier molecular flexibility index (Phi) is 5.11. The molecule has 2 aromatic rings. The SMILES string of the molecule is CCn1nc(C)c(CN2CC[C@@](O)(COc3cccc(F)c3)C2)c1C. The lowest BCUT2D eigenvalue weighted by Crippen LogP contribution is -2.39. The Bertz CT molecular complexity index is 746. The van der Waals surface area contributed by atoms with Crippen molar-refractivity contribution in [2.75, 3.05) is 19.7 Å². The number of nitrogens with zero attached hydrogens (tertiary/aromatic N) is 3. The smallest absolute Gasteiger partial charge is 0.126 e. The Morgan fingerprint density at radius 3 is 2.84 bits per heavy atom. The number of aromatic nitrogens is 2. The van der Waals surface area contributed by atoms with Crippen LogP contribution in [0.5, 0.6) is 5.75 Å². The summed E-state index contributed by atoms with van der Waals surface area (Å²) >= 11 is 0. The fraction of sp³-hybridized carbons (Fsp3) is 0.526. The van der Waals surface area contributed by atoms with Crippen molar-refractivity contribution in [3.8, 4) is 5.75 Å². The molecule has 0 spiro atoms. The number of hydrogen-bond donors (Lipinski definition) is 1. The van der Waals surface area contributed by atoms with E-state index in [9.17, 15) is 9.50 Å². The van der Waals surface area contributed by atoms with Gasteiger partial charge < -0.3 is 9.84 Å². The van der Waals surface area contributed by atoms with Gasteiger partial charge in [0.25, 0.3) is 0 Å². The standard InChI is InChI=1S/C19H26FN3O2/c1-4-23-15(3)18(14(2)21-23)11-22-9-8-19(24,12-22)13-25-17-7-5-6-16(20)10-17/h5-7,10,24H,4,8-9,11-13H2,1-3H3/t19-/m0/s1. The lowest BCUT2D eigenvalue weighted by molar-refractivity contribution is 0.00326. The molecular weight excluding hydrogens is 321 g/mol. The van der Waals surface area contributed by atoms with E-state index in [0.717, 1.165) is 25.3 Å². The maximum Gasteiger partial charge on any atom is 0.126 e. The summed E-state index contributed by atoms with van der Waals surface area (Å²) in [4.78, 5) is 2.23. The number of likely N-dealkylation sites (tertiary alicyclic amines) is 1. The molecule has 0 unspecified atom stereocenters. The predicted octanol–water partition coefficient (Wildman–Crippen LogP) is 2.67. The maximum absolute atomic E-state index is 13.2. The van der Waals surface area contributed by atoms with Crippen LogP contribution in [0.25, 0.3) is 0 Å². The summed E-state index contributed by atoms with van der Waals surface area (Å²) in [6, 6.07) is 6.01. The van der Waals surface area contributed by atoms with E-state index in [4.69, 9.17) is 4.74 Å². The molecule has 0 saturated carbocycles. The number of β-amino-alcohol motifs (C(OH)–C–C–N with tert-alkyl or cyclic N) is 1. The maximum atomic E-state index is 13.2. The summed E-state index contributed by atoms with van der Waals surface area (Å²) in [7, 11) is 0. The summed E-state index contributed by atoms with van der Waals surface area (Å²) < 4.78 is 20.8. The zero-order valence-corrected chi connectivity index (χ0v) is 15.1. The monoisotopic (exact) mass is 347 g/mol. The van der Waals surface area contributed by atoms with Gasteiger partial charge in [0.1, 0.15) is 23.8 Å². The summed E-state index contributed by atoms with van der Waals surface area (Å²) in [5.41, 5.74) is 2.56. The number of aryl methyl sites for hydroxylation is 2. The highest BCUT2D eigenvalue weighted by Gasteiger charge is 2.37. The molecule has 1 aliphatic rings. The Balaban J connectivity index is 1.60. The zero-order valence-electron chi connectivity index (χ0n) is 15.1. The molecule has 6 heteroatoms. The van der Waals surface area contributed by atoms with Gasteiger partial charge in [-0.15, -0.1) is 0 Å². The van der Waals surface area contributed by atoms with E-state index in [1.54, 1.807) is 12.1 Å². The van der Waals surface area contributed by atoms with E-state index in [2.05, 4.69) is 23.8 Å². The molecule has 1 aliphatic heterocycles. The highest BCUT2D eigenvalue weighted by atomic mass is 19.1. The number of aliphatic hydroxyl groups is 1. The molecule has 0 amide bonds. The third kappa shape index (κ3) is 4.02. The molecule has 1 fully saturated rings. The average Bonchev–Trinajstić information content (AvgIpc) is 3.08. The first-order chi connectivity index (χ1) is 11.9. The summed E-state index contributed by atoms with van der Waals surface area (Å²) in [5.74, 6) is 0.110. The molecule has 1 N–H and O–H groups in total. The van der Waals surface area contributed by atoms with Gasteiger partial charge in [-0.2, -0.15) is 5.10 Å². The van der Waals surface area contributed by atoms with Gasteiger partial charge >= 0.3 is 0 Å². The van der Waals surface area contributed by atoms with Crippen molar-refractivity contribution < 1.29 is 14.2 Å². The van der Waals surface area contributed by atoms with Gasteiger partial charge in [-0.25, -0.2) is 4.39 Å². The molecule has 0 bridgehead atoms. The molecule has 1 aromatic carbocycles. The van der Waals surface area contributed by atoms with Crippen molar-refractivity contribution in [1.82, 2.24) is 14.7 Å². The van der Waals surface area contributed by atoms with Gasteiger partial charge in [-0.05, 0) is 39.3 Å². The lowest BCUT2D eigenvalue weighted by atomic mass is 10.1. The van der Waals surface area contributed by atoms with Gasteiger partial charge in [-0.3, -0.25) is 9.58 Å². The average molecular weight is 347 g/mol. The van der Waals surface area contributed by atoms with Gasteiger partial charge in [0.15, 0.2) is 0 Å². The fourth-order valence-electron chi connectivity index (χ4n) is 3.46. The number of halogens is 1. The first kappa shape index (κ1) is 17.9. The van der Waals surface area contributed by atoms with E-state index >= 15 is 0 Å². The molecule has 136 valence electrons. The van der Waals surface area contributed by atoms with Crippen molar-refractivity contribution in [2.24, 2.45) is 0 Å². The van der Waals surface area contributed by atoms with Gasteiger partial charge in [-0.1, -0.05) is 6.07 Å². The van der Waals surface area contributed by atoms with Crippen molar-refractivity contribution >= 4 is 0 Å². The normalized spacial score (nSPS) is 21.0. The predicted molar refractivity (Wildman–Crippen MR) is 94.1 cm³/mol. The number of hydrogen-bond acceptors (Lipinski definition) is 4. The van der Waals surface area contributed by atoms with Crippen LogP contribution in [0, 0.1) is 19.7 Å². The minimum Gasteiger partial charge on any atom is -0.490 e. The second kappa shape index (κ2) is 7.14. The van der Waals surface area contributed by atoms with Crippen LogP contribution in [0.15, 0.2) is 24.3 Å². The number of benzene rings is 1. The molecule has 2 heterocycles. The second-order valence-corrected chi connectivity index (χ2v) is 6.90. The molecule has 1 atom stereocenters. The van der Waals surface area contributed by atoms with Crippen LogP contribution in [0.2, 0.25) is 0 Å². The summed E-state index contributed by atoms with van der Waals surface area (Å²) in [6.07, 6.45) is 0.641. The zero-order chi connectivity index (χ0) is 18.0. The van der Waals surface area contributed by atoms with Gasteiger partial charge in [0.2, 0.25) is 0 Å². The topological polar surface area (TPSA) is 50.5 Å². The van der Waals surface area contributed by atoms with E-state index in [0.29, 0.717) is 18.7 Å². The molecule has 1 saturated heterocycles. The van der Waals surface area contributed by atoms with Crippen LogP contribution >= 0.6 is 0 Å². The van der Waals surface area contributed by atoms with Crippen molar-refractivity contribution in [1.29, 1.82) is 0 Å². The molecule has 0 radical (unpaired) electrons. The minimum absolute atomic E-state index is 0.166. The number of ether oxygens (including phenoxy) is 1.